The van der Waals surface area contributed by atoms with E-state index in [1.807, 2.05) is 0 Å². The first kappa shape index (κ1) is 23.8. The third kappa shape index (κ3) is 3.41. The van der Waals surface area contributed by atoms with Crippen molar-refractivity contribution in [1.29, 1.82) is 0 Å². The minimum absolute atomic E-state index is 0.00164. The minimum Gasteiger partial charge on any atom is -0.462 e. The van der Waals surface area contributed by atoms with Gasteiger partial charge in [0.05, 0.1) is 6.10 Å². The lowest BCUT2D eigenvalue weighted by Crippen LogP contribution is -2.59. The second-order valence-electron chi connectivity index (χ2n) is 14.6. The minimum atomic E-state index is -0.128. The number of carbonyl (C=O) groups is 1. The molecule has 0 amide bonds. The highest BCUT2D eigenvalue weighted by molar-refractivity contribution is 5.66. The van der Waals surface area contributed by atoms with Gasteiger partial charge < -0.3 is 9.47 Å². The molecule has 0 bridgehead atoms. The molecule has 0 aromatic rings. The Morgan fingerprint density at radius 3 is 2.44 bits per heavy atom. The van der Waals surface area contributed by atoms with Crippen LogP contribution in [0.15, 0.2) is 0 Å². The number of carbonyl (C=O) groups excluding carboxylic acids is 1. The van der Waals surface area contributed by atoms with Crippen LogP contribution in [0, 0.1) is 58.2 Å². The van der Waals surface area contributed by atoms with E-state index in [1.54, 1.807) is 6.92 Å². The second kappa shape index (κ2) is 7.96. The summed E-state index contributed by atoms with van der Waals surface area (Å²) in [7, 11) is 0. The van der Waals surface area contributed by atoms with Crippen LogP contribution in [0.3, 0.4) is 0 Å². The van der Waals surface area contributed by atoms with Crippen LogP contribution in [0.1, 0.15) is 112 Å². The number of ether oxygens (including phenoxy) is 2. The lowest BCUT2D eigenvalue weighted by atomic mass is 9.44. The van der Waals surface area contributed by atoms with Gasteiger partial charge in [-0.25, -0.2) is 0 Å². The Morgan fingerprint density at radius 1 is 1.00 bits per heavy atom. The number of rotatable bonds is 6. The normalized spacial score (nSPS) is 54.6. The summed E-state index contributed by atoms with van der Waals surface area (Å²) in [5.41, 5.74) is 0.817. The first-order valence-electron chi connectivity index (χ1n) is 14.9. The Labute approximate surface area is 208 Å². The molecular formula is C31H50O3. The van der Waals surface area contributed by atoms with Crippen molar-refractivity contribution in [3.05, 3.63) is 0 Å². The Kier molecular flexibility index (Phi) is 5.58. The van der Waals surface area contributed by atoms with Crippen LogP contribution >= 0.6 is 0 Å². The molecule has 6 rings (SSSR count). The third-order valence-corrected chi connectivity index (χ3v) is 13.1. The molecule has 3 nitrogen and oxygen atoms in total. The van der Waals surface area contributed by atoms with Gasteiger partial charge in [0.25, 0.3) is 0 Å². The van der Waals surface area contributed by atoms with Crippen LogP contribution < -0.4 is 0 Å². The highest BCUT2D eigenvalue weighted by atomic mass is 16.6. The van der Waals surface area contributed by atoms with Gasteiger partial charge in [0.2, 0.25) is 0 Å². The van der Waals surface area contributed by atoms with Crippen LogP contribution in [0.5, 0.6) is 0 Å². The van der Waals surface area contributed by atoms with Gasteiger partial charge in [-0.1, -0.05) is 47.5 Å². The zero-order valence-electron chi connectivity index (χ0n) is 22.8. The van der Waals surface area contributed by atoms with E-state index in [0.717, 1.165) is 60.2 Å². The molecule has 1 spiro atoms. The summed E-state index contributed by atoms with van der Waals surface area (Å²) in [6.07, 6.45) is 15.0. The van der Waals surface area contributed by atoms with E-state index < -0.39 is 0 Å². The summed E-state index contributed by atoms with van der Waals surface area (Å²) in [6.45, 7) is 14.4. The third-order valence-electron chi connectivity index (χ3n) is 13.1. The molecule has 13 unspecified atom stereocenters. The van der Waals surface area contributed by atoms with Gasteiger partial charge >= 0.3 is 5.97 Å². The molecule has 34 heavy (non-hydrogen) atoms. The maximum absolute atomic E-state index is 11.6. The molecule has 192 valence electrons. The molecule has 6 fully saturated rings. The SMILES string of the molecule is CC(=O)OC1CCC2(C)C3CCC4(C)C(C(C)CCC(C)C5CC5C)CCC4C3CC3OC32C1. The zero-order valence-corrected chi connectivity index (χ0v) is 22.8. The van der Waals surface area contributed by atoms with Gasteiger partial charge in [-0.2, -0.15) is 0 Å². The topological polar surface area (TPSA) is 38.8 Å². The van der Waals surface area contributed by atoms with Crippen molar-refractivity contribution in [1.82, 2.24) is 0 Å². The average Bonchev–Trinajstić information content (AvgIpc) is 3.64. The van der Waals surface area contributed by atoms with E-state index in [1.165, 1.54) is 57.8 Å². The van der Waals surface area contributed by atoms with E-state index in [9.17, 15) is 4.79 Å². The molecule has 0 radical (unpaired) electrons. The first-order chi connectivity index (χ1) is 16.1. The van der Waals surface area contributed by atoms with Crippen molar-refractivity contribution in [2.24, 2.45) is 58.2 Å². The number of fused-ring (bicyclic) bond motifs is 4. The lowest BCUT2D eigenvalue weighted by Gasteiger charge is -2.59. The maximum Gasteiger partial charge on any atom is 0.302 e. The predicted molar refractivity (Wildman–Crippen MR) is 135 cm³/mol. The Hall–Kier alpha value is -0.570. The molecule has 1 saturated heterocycles. The highest BCUT2D eigenvalue weighted by Gasteiger charge is 2.76. The van der Waals surface area contributed by atoms with Gasteiger partial charge in [-0.05, 0) is 104 Å². The summed E-state index contributed by atoms with van der Waals surface area (Å²) in [5.74, 6) is 7.14. The maximum atomic E-state index is 11.6. The molecule has 6 aliphatic rings. The van der Waals surface area contributed by atoms with Crippen LogP contribution in [-0.4, -0.2) is 23.8 Å². The van der Waals surface area contributed by atoms with E-state index in [2.05, 4.69) is 34.6 Å². The molecule has 13 atom stereocenters. The first-order valence-corrected chi connectivity index (χ1v) is 14.9. The van der Waals surface area contributed by atoms with Crippen molar-refractivity contribution in [2.75, 3.05) is 0 Å². The van der Waals surface area contributed by atoms with Gasteiger partial charge in [-0.15, -0.1) is 0 Å². The van der Waals surface area contributed by atoms with Crippen molar-refractivity contribution < 1.29 is 14.3 Å². The fourth-order valence-corrected chi connectivity index (χ4v) is 11.0. The van der Waals surface area contributed by atoms with Crippen molar-refractivity contribution >= 4 is 5.97 Å². The van der Waals surface area contributed by atoms with E-state index in [0.29, 0.717) is 11.5 Å². The van der Waals surface area contributed by atoms with Crippen LogP contribution in [0.25, 0.3) is 0 Å². The molecule has 3 heteroatoms. The number of esters is 1. The van der Waals surface area contributed by atoms with Gasteiger partial charge in [0.1, 0.15) is 11.7 Å². The Balaban J connectivity index is 1.15. The quantitative estimate of drug-likeness (QED) is 0.299. The number of hydrogen-bond donors (Lipinski definition) is 0. The lowest BCUT2D eigenvalue weighted by molar-refractivity contribution is -0.157. The fourth-order valence-electron chi connectivity index (χ4n) is 11.0. The van der Waals surface area contributed by atoms with Crippen molar-refractivity contribution in [3.63, 3.8) is 0 Å². The monoisotopic (exact) mass is 470 g/mol. The van der Waals surface area contributed by atoms with Crippen LogP contribution in [0.4, 0.5) is 0 Å². The number of epoxide rings is 1. The second-order valence-corrected chi connectivity index (χ2v) is 14.6. The Morgan fingerprint density at radius 2 is 1.74 bits per heavy atom. The average molecular weight is 471 g/mol. The summed E-state index contributed by atoms with van der Waals surface area (Å²) in [5, 5.41) is 0. The largest absolute Gasteiger partial charge is 0.462 e. The molecule has 5 aliphatic carbocycles. The molecule has 0 aromatic heterocycles. The summed E-state index contributed by atoms with van der Waals surface area (Å²) >= 11 is 0. The van der Waals surface area contributed by atoms with Gasteiger partial charge in [0, 0.05) is 18.8 Å². The molecule has 1 heterocycles. The summed E-state index contributed by atoms with van der Waals surface area (Å²) < 4.78 is 12.3. The molecule has 0 N–H and O–H groups in total. The van der Waals surface area contributed by atoms with Crippen LogP contribution in [-0.2, 0) is 14.3 Å². The summed E-state index contributed by atoms with van der Waals surface area (Å²) in [4.78, 5) is 11.6. The van der Waals surface area contributed by atoms with E-state index in [-0.39, 0.29) is 23.1 Å². The number of hydrogen-bond acceptors (Lipinski definition) is 3. The standard InChI is InChI=1S/C31H50O3/c1-18(23-15-20(23)3)7-8-19(2)25-9-10-26-24-16-28-31(34-28)17-22(33-21(4)32)11-14-30(31,6)27(24)12-13-29(25,26)5/h18-20,22-28H,7-17H2,1-6H3. The molecule has 5 saturated carbocycles. The van der Waals surface area contributed by atoms with Crippen molar-refractivity contribution in [2.45, 2.75) is 130 Å². The van der Waals surface area contributed by atoms with Gasteiger partial charge in [-0.3, -0.25) is 4.79 Å². The van der Waals surface area contributed by atoms with E-state index >= 15 is 0 Å². The predicted octanol–water partition coefficient (Wildman–Crippen LogP) is 7.42. The Bertz CT molecular complexity index is 823. The molecule has 1 aliphatic heterocycles. The molecular weight excluding hydrogens is 420 g/mol. The van der Waals surface area contributed by atoms with Crippen molar-refractivity contribution in [3.8, 4) is 0 Å². The summed E-state index contributed by atoms with van der Waals surface area (Å²) in [6, 6.07) is 0. The molecule has 0 aromatic carbocycles. The zero-order chi connectivity index (χ0) is 24.0. The highest BCUT2D eigenvalue weighted by Crippen LogP contribution is 2.74. The van der Waals surface area contributed by atoms with E-state index in [4.69, 9.17) is 9.47 Å². The fraction of sp³-hybridized carbons (Fsp3) is 0.968. The smallest absolute Gasteiger partial charge is 0.302 e. The van der Waals surface area contributed by atoms with Gasteiger partial charge in [0.15, 0.2) is 0 Å². The van der Waals surface area contributed by atoms with Crippen LogP contribution in [0.2, 0.25) is 0 Å².